The molecule has 2 saturated carbocycles. The van der Waals surface area contributed by atoms with E-state index < -0.39 is 0 Å². The van der Waals surface area contributed by atoms with Gasteiger partial charge in [0.25, 0.3) is 0 Å². The van der Waals surface area contributed by atoms with Crippen LogP contribution >= 0.6 is 0 Å². The summed E-state index contributed by atoms with van der Waals surface area (Å²) in [5, 5.41) is 0. The monoisotopic (exact) mass is 334 g/mol. The van der Waals surface area contributed by atoms with Gasteiger partial charge in [0.05, 0.1) is 0 Å². The maximum atomic E-state index is 13.8. The lowest BCUT2D eigenvalue weighted by atomic mass is 9.68. The van der Waals surface area contributed by atoms with E-state index in [9.17, 15) is 8.78 Å². The molecule has 0 radical (unpaired) electrons. The van der Waals surface area contributed by atoms with Crippen LogP contribution in [0, 0.1) is 36.3 Å². The third-order valence-electron chi connectivity index (χ3n) is 6.80. The van der Waals surface area contributed by atoms with Crippen LogP contribution in [-0.4, -0.2) is 0 Å². The van der Waals surface area contributed by atoms with Gasteiger partial charge < -0.3 is 0 Å². The minimum absolute atomic E-state index is 0.149. The molecule has 0 aliphatic heterocycles. The molecule has 0 aromatic heterocycles. The predicted octanol–water partition coefficient (Wildman–Crippen LogP) is 7.15. The van der Waals surface area contributed by atoms with Crippen LogP contribution in [0.3, 0.4) is 0 Å². The van der Waals surface area contributed by atoms with Gasteiger partial charge in [-0.25, -0.2) is 8.78 Å². The molecule has 2 fully saturated rings. The molecule has 3 rings (SSSR count). The van der Waals surface area contributed by atoms with Gasteiger partial charge in [-0.1, -0.05) is 32.6 Å². The fourth-order valence-electron chi connectivity index (χ4n) is 5.18. The molecule has 1 aromatic carbocycles. The molecule has 2 heteroatoms. The van der Waals surface area contributed by atoms with Crippen LogP contribution in [0.15, 0.2) is 12.1 Å². The van der Waals surface area contributed by atoms with Gasteiger partial charge in [0.15, 0.2) is 0 Å². The first-order chi connectivity index (χ1) is 11.6. The van der Waals surface area contributed by atoms with Crippen molar-refractivity contribution in [2.24, 2.45) is 17.8 Å². The van der Waals surface area contributed by atoms with Crippen molar-refractivity contribution in [2.45, 2.75) is 84.0 Å². The Morgan fingerprint density at radius 1 is 0.833 bits per heavy atom. The van der Waals surface area contributed by atoms with E-state index in [-0.39, 0.29) is 17.2 Å². The van der Waals surface area contributed by atoms with Gasteiger partial charge in [0.2, 0.25) is 0 Å². The van der Waals surface area contributed by atoms with E-state index in [0.717, 1.165) is 36.2 Å². The van der Waals surface area contributed by atoms with Crippen molar-refractivity contribution in [3.63, 3.8) is 0 Å². The van der Waals surface area contributed by atoms with Crippen LogP contribution in [0.2, 0.25) is 0 Å². The van der Waals surface area contributed by atoms with Gasteiger partial charge in [0, 0.05) is 5.56 Å². The molecule has 0 atom stereocenters. The molecule has 0 bridgehead atoms. The molecule has 0 nitrogen and oxygen atoms in total. The van der Waals surface area contributed by atoms with Gasteiger partial charge in [-0.15, -0.1) is 0 Å². The molecule has 0 N–H and O–H groups in total. The van der Waals surface area contributed by atoms with Crippen molar-refractivity contribution in [3.8, 4) is 0 Å². The quantitative estimate of drug-likeness (QED) is 0.548. The Bertz CT molecular complexity index is 512. The van der Waals surface area contributed by atoms with Gasteiger partial charge in [-0.05, 0) is 86.8 Å². The van der Waals surface area contributed by atoms with Crippen LogP contribution < -0.4 is 0 Å². The molecular formula is C22H32F2. The van der Waals surface area contributed by atoms with Crippen LogP contribution in [0.5, 0.6) is 0 Å². The maximum absolute atomic E-state index is 13.8. The zero-order valence-corrected chi connectivity index (χ0v) is 15.3. The first-order valence-corrected chi connectivity index (χ1v) is 10.0. The van der Waals surface area contributed by atoms with Crippen LogP contribution in [0.1, 0.15) is 88.2 Å². The van der Waals surface area contributed by atoms with Crippen molar-refractivity contribution < 1.29 is 8.78 Å². The minimum Gasteiger partial charge on any atom is -0.207 e. The van der Waals surface area contributed by atoms with Gasteiger partial charge >= 0.3 is 0 Å². The zero-order chi connectivity index (χ0) is 17.1. The Kier molecular flexibility index (Phi) is 5.94. The maximum Gasteiger partial charge on any atom is 0.129 e. The van der Waals surface area contributed by atoms with Crippen molar-refractivity contribution in [2.75, 3.05) is 0 Å². The number of hydrogen-bond donors (Lipinski definition) is 0. The third kappa shape index (κ3) is 4.00. The average Bonchev–Trinajstić information content (AvgIpc) is 2.60. The Morgan fingerprint density at radius 2 is 1.33 bits per heavy atom. The van der Waals surface area contributed by atoms with E-state index in [1.165, 1.54) is 58.3 Å². The largest absolute Gasteiger partial charge is 0.207 e. The van der Waals surface area contributed by atoms with Crippen molar-refractivity contribution >= 4 is 0 Å². The highest BCUT2D eigenvalue weighted by molar-refractivity contribution is 5.28. The number of hydrogen-bond acceptors (Lipinski definition) is 0. The van der Waals surface area contributed by atoms with Crippen LogP contribution in [0.25, 0.3) is 0 Å². The Labute approximate surface area is 146 Å². The van der Waals surface area contributed by atoms with E-state index in [4.69, 9.17) is 0 Å². The highest BCUT2D eigenvalue weighted by atomic mass is 19.1. The summed E-state index contributed by atoms with van der Waals surface area (Å²) in [6.07, 6.45) is 13.1. The van der Waals surface area contributed by atoms with E-state index >= 15 is 0 Å². The van der Waals surface area contributed by atoms with Crippen molar-refractivity contribution in [3.05, 3.63) is 34.9 Å². The molecule has 0 spiro atoms. The lowest BCUT2D eigenvalue weighted by Gasteiger charge is -2.38. The molecular weight excluding hydrogens is 302 g/mol. The number of halogens is 2. The predicted molar refractivity (Wildman–Crippen MR) is 96.2 cm³/mol. The van der Waals surface area contributed by atoms with E-state index in [1.54, 1.807) is 12.1 Å². The summed E-state index contributed by atoms with van der Waals surface area (Å²) in [7, 11) is 0. The first-order valence-electron chi connectivity index (χ1n) is 10.0. The second-order valence-electron chi connectivity index (χ2n) is 8.29. The standard InChI is InChI=1S/C22H32F2/c1-3-4-16-5-7-17(8-6-16)18-9-11-19(12-10-18)20-13-21(23)15(2)22(24)14-20/h13-14,16-19H,3-12H2,1-2H3. The molecule has 0 heterocycles. The third-order valence-corrected chi connectivity index (χ3v) is 6.80. The molecule has 0 unspecified atom stereocenters. The lowest BCUT2D eigenvalue weighted by Crippen LogP contribution is -2.25. The summed E-state index contributed by atoms with van der Waals surface area (Å²) in [5.74, 6) is 2.31. The highest BCUT2D eigenvalue weighted by Gasteiger charge is 2.31. The Hall–Kier alpha value is -0.920. The molecule has 2 aliphatic rings. The zero-order valence-electron chi connectivity index (χ0n) is 15.3. The molecule has 24 heavy (non-hydrogen) atoms. The normalized spacial score (nSPS) is 31.2. The molecule has 134 valence electrons. The number of benzene rings is 1. The summed E-state index contributed by atoms with van der Waals surface area (Å²) >= 11 is 0. The van der Waals surface area contributed by atoms with Crippen LogP contribution in [-0.2, 0) is 0 Å². The summed E-state index contributed by atoms with van der Waals surface area (Å²) < 4.78 is 27.6. The fourth-order valence-corrected chi connectivity index (χ4v) is 5.18. The summed E-state index contributed by atoms with van der Waals surface area (Å²) in [5.41, 5.74) is 1.02. The summed E-state index contributed by atoms with van der Waals surface area (Å²) in [6.45, 7) is 3.81. The summed E-state index contributed by atoms with van der Waals surface area (Å²) in [6, 6.07) is 3.14. The minimum atomic E-state index is -0.388. The van der Waals surface area contributed by atoms with E-state index in [1.807, 2.05) is 0 Å². The van der Waals surface area contributed by atoms with Crippen molar-refractivity contribution in [1.82, 2.24) is 0 Å². The average molecular weight is 334 g/mol. The second-order valence-corrected chi connectivity index (χ2v) is 8.29. The van der Waals surface area contributed by atoms with Gasteiger partial charge in [0.1, 0.15) is 11.6 Å². The van der Waals surface area contributed by atoms with Crippen LogP contribution in [0.4, 0.5) is 8.78 Å². The molecule has 0 saturated heterocycles. The fraction of sp³-hybridized carbons (Fsp3) is 0.727. The first kappa shape index (κ1) is 17.9. The Balaban J connectivity index is 1.53. The molecule has 0 amide bonds. The van der Waals surface area contributed by atoms with Gasteiger partial charge in [-0.2, -0.15) is 0 Å². The summed E-state index contributed by atoms with van der Waals surface area (Å²) in [4.78, 5) is 0. The Morgan fingerprint density at radius 3 is 1.83 bits per heavy atom. The second kappa shape index (κ2) is 7.97. The lowest BCUT2D eigenvalue weighted by molar-refractivity contribution is 0.156. The molecule has 1 aromatic rings. The highest BCUT2D eigenvalue weighted by Crippen LogP contribution is 2.44. The van der Waals surface area contributed by atoms with Gasteiger partial charge in [-0.3, -0.25) is 0 Å². The SMILES string of the molecule is CCCC1CCC(C2CCC(c3cc(F)c(C)c(F)c3)CC2)CC1. The smallest absolute Gasteiger partial charge is 0.129 e. The topological polar surface area (TPSA) is 0 Å². The van der Waals surface area contributed by atoms with E-state index in [0.29, 0.717) is 5.92 Å². The number of rotatable bonds is 4. The molecule has 2 aliphatic carbocycles. The van der Waals surface area contributed by atoms with Crippen molar-refractivity contribution in [1.29, 1.82) is 0 Å². The van der Waals surface area contributed by atoms with E-state index in [2.05, 4.69) is 6.92 Å².